The molecule has 1 aromatic heterocycles. The molecule has 1 N–H and O–H groups in total. The fourth-order valence-corrected chi connectivity index (χ4v) is 2.46. The van der Waals surface area contributed by atoms with E-state index in [0.29, 0.717) is 6.04 Å². The molecule has 3 nitrogen and oxygen atoms in total. The Labute approximate surface area is 101 Å². The molecule has 0 saturated heterocycles. The molecule has 1 aromatic carbocycles. The summed E-state index contributed by atoms with van der Waals surface area (Å²) in [6, 6.07) is 8.69. The van der Waals surface area contributed by atoms with Gasteiger partial charge in [-0.2, -0.15) is 0 Å². The van der Waals surface area contributed by atoms with E-state index in [2.05, 4.69) is 15.3 Å². The van der Waals surface area contributed by atoms with E-state index in [1.807, 2.05) is 30.5 Å². The summed E-state index contributed by atoms with van der Waals surface area (Å²) >= 11 is 0. The van der Waals surface area contributed by atoms with Crippen LogP contribution in [0.5, 0.6) is 0 Å². The second-order valence-electron chi connectivity index (χ2n) is 4.71. The van der Waals surface area contributed by atoms with Gasteiger partial charge in [-0.05, 0) is 25.0 Å². The fraction of sp³-hybridized carbons (Fsp3) is 0.429. The van der Waals surface area contributed by atoms with Crippen molar-refractivity contribution in [3.05, 3.63) is 36.2 Å². The van der Waals surface area contributed by atoms with Crippen LogP contribution in [0.3, 0.4) is 0 Å². The van der Waals surface area contributed by atoms with Gasteiger partial charge in [-0.25, -0.2) is 4.98 Å². The van der Waals surface area contributed by atoms with Gasteiger partial charge in [0.05, 0.1) is 22.9 Å². The van der Waals surface area contributed by atoms with Crippen molar-refractivity contribution < 1.29 is 0 Å². The van der Waals surface area contributed by atoms with E-state index >= 15 is 0 Å². The largest absolute Gasteiger partial charge is 0.308 e. The summed E-state index contributed by atoms with van der Waals surface area (Å²) in [5.74, 6) is 0. The molecule has 0 amide bonds. The van der Waals surface area contributed by atoms with Gasteiger partial charge in [0, 0.05) is 12.6 Å². The lowest BCUT2D eigenvalue weighted by Crippen LogP contribution is -2.25. The lowest BCUT2D eigenvalue weighted by Gasteiger charge is -2.11. The van der Waals surface area contributed by atoms with Crippen LogP contribution in [0.2, 0.25) is 0 Å². The van der Waals surface area contributed by atoms with Gasteiger partial charge in [0.2, 0.25) is 0 Å². The van der Waals surface area contributed by atoms with E-state index in [0.717, 1.165) is 23.3 Å². The molecule has 0 radical (unpaired) electrons. The lowest BCUT2D eigenvalue weighted by atomic mass is 10.2. The van der Waals surface area contributed by atoms with Gasteiger partial charge in [-0.15, -0.1) is 0 Å². The maximum absolute atomic E-state index is 4.61. The minimum atomic E-state index is 0.684. The Hall–Kier alpha value is -1.48. The Kier molecular flexibility index (Phi) is 3.01. The summed E-state index contributed by atoms with van der Waals surface area (Å²) in [5.41, 5.74) is 2.99. The quantitative estimate of drug-likeness (QED) is 0.876. The second-order valence-corrected chi connectivity index (χ2v) is 4.71. The number of rotatable bonds is 3. The molecule has 0 spiro atoms. The molecule has 0 aliphatic heterocycles. The number of aromatic nitrogens is 2. The summed E-state index contributed by atoms with van der Waals surface area (Å²) in [5, 5.41) is 3.56. The first-order valence-corrected chi connectivity index (χ1v) is 6.36. The fourth-order valence-electron chi connectivity index (χ4n) is 2.46. The molecule has 88 valence electrons. The molecule has 1 heterocycles. The minimum absolute atomic E-state index is 0.684. The summed E-state index contributed by atoms with van der Waals surface area (Å²) in [7, 11) is 0. The molecule has 1 fully saturated rings. The van der Waals surface area contributed by atoms with Crippen molar-refractivity contribution in [1.82, 2.24) is 15.3 Å². The molecule has 3 rings (SSSR count). The number of fused-ring (bicyclic) bond motifs is 1. The van der Waals surface area contributed by atoms with Crippen LogP contribution in [0.25, 0.3) is 11.0 Å². The van der Waals surface area contributed by atoms with Crippen LogP contribution in [0.15, 0.2) is 30.5 Å². The maximum atomic E-state index is 4.61. The zero-order valence-corrected chi connectivity index (χ0v) is 9.89. The van der Waals surface area contributed by atoms with Gasteiger partial charge in [0.15, 0.2) is 0 Å². The minimum Gasteiger partial charge on any atom is -0.308 e. The van der Waals surface area contributed by atoms with E-state index < -0.39 is 0 Å². The molecular formula is C14H17N3. The van der Waals surface area contributed by atoms with Crippen molar-refractivity contribution in [3.8, 4) is 0 Å². The van der Waals surface area contributed by atoms with Gasteiger partial charge in [-0.1, -0.05) is 25.0 Å². The molecule has 3 heteroatoms. The average Bonchev–Trinajstić information content (AvgIpc) is 2.89. The Balaban J connectivity index is 1.72. The molecule has 0 bridgehead atoms. The van der Waals surface area contributed by atoms with Crippen LogP contribution in [-0.2, 0) is 6.54 Å². The predicted octanol–water partition coefficient (Wildman–Crippen LogP) is 2.66. The molecular weight excluding hydrogens is 210 g/mol. The number of benzene rings is 1. The summed E-state index contributed by atoms with van der Waals surface area (Å²) in [6.07, 6.45) is 7.22. The van der Waals surface area contributed by atoms with Crippen LogP contribution in [0.1, 0.15) is 31.4 Å². The topological polar surface area (TPSA) is 37.8 Å². The maximum Gasteiger partial charge on any atom is 0.0890 e. The average molecular weight is 227 g/mol. The molecule has 0 atom stereocenters. The van der Waals surface area contributed by atoms with Crippen molar-refractivity contribution in [1.29, 1.82) is 0 Å². The van der Waals surface area contributed by atoms with Crippen LogP contribution < -0.4 is 5.32 Å². The highest BCUT2D eigenvalue weighted by atomic mass is 14.9. The Bertz CT molecular complexity index is 504. The highest BCUT2D eigenvalue weighted by molar-refractivity contribution is 5.73. The van der Waals surface area contributed by atoms with Gasteiger partial charge >= 0.3 is 0 Å². The van der Waals surface area contributed by atoms with E-state index in [1.165, 1.54) is 25.7 Å². The smallest absolute Gasteiger partial charge is 0.0890 e. The Morgan fingerprint density at radius 1 is 1.12 bits per heavy atom. The molecule has 2 aromatic rings. The van der Waals surface area contributed by atoms with Crippen molar-refractivity contribution in [2.24, 2.45) is 0 Å². The highest BCUT2D eigenvalue weighted by Crippen LogP contribution is 2.18. The molecule has 0 unspecified atom stereocenters. The third kappa shape index (κ3) is 2.44. The number of hydrogen-bond donors (Lipinski definition) is 1. The zero-order valence-electron chi connectivity index (χ0n) is 9.89. The monoisotopic (exact) mass is 227 g/mol. The molecule has 1 aliphatic rings. The standard InChI is InChI=1S/C14H17N3/c1-2-6-11(5-1)15-9-12-10-16-13-7-3-4-8-14(13)17-12/h3-4,7-8,10-11,15H,1-2,5-6,9H2. The van der Waals surface area contributed by atoms with Crippen LogP contribution in [0.4, 0.5) is 0 Å². The normalized spacial score (nSPS) is 16.7. The Morgan fingerprint density at radius 2 is 1.88 bits per heavy atom. The van der Waals surface area contributed by atoms with Crippen molar-refractivity contribution in [3.63, 3.8) is 0 Å². The molecule has 1 saturated carbocycles. The van der Waals surface area contributed by atoms with Crippen molar-refractivity contribution in [2.45, 2.75) is 38.3 Å². The van der Waals surface area contributed by atoms with Gasteiger partial charge in [-0.3, -0.25) is 4.98 Å². The summed E-state index contributed by atoms with van der Waals surface area (Å²) < 4.78 is 0. The lowest BCUT2D eigenvalue weighted by molar-refractivity contribution is 0.519. The zero-order chi connectivity index (χ0) is 11.5. The number of hydrogen-bond acceptors (Lipinski definition) is 3. The van der Waals surface area contributed by atoms with Crippen LogP contribution in [-0.4, -0.2) is 16.0 Å². The Morgan fingerprint density at radius 3 is 2.71 bits per heavy atom. The van der Waals surface area contributed by atoms with E-state index in [-0.39, 0.29) is 0 Å². The molecule has 17 heavy (non-hydrogen) atoms. The van der Waals surface area contributed by atoms with Gasteiger partial charge < -0.3 is 5.32 Å². The SMILES string of the molecule is c1ccc2nc(CNC3CCCC3)cnc2c1. The first-order valence-electron chi connectivity index (χ1n) is 6.36. The second kappa shape index (κ2) is 4.80. The third-order valence-corrected chi connectivity index (χ3v) is 3.43. The summed E-state index contributed by atoms with van der Waals surface area (Å²) in [4.78, 5) is 9.04. The first kappa shape index (κ1) is 10.7. The number of para-hydroxylation sites is 2. The van der Waals surface area contributed by atoms with Crippen LogP contribution >= 0.6 is 0 Å². The van der Waals surface area contributed by atoms with Gasteiger partial charge in [0.25, 0.3) is 0 Å². The third-order valence-electron chi connectivity index (χ3n) is 3.43. The van der Waals surface area contributed by atoms with E-state index in [9.17, 15) is 0 Å². The molecule has 1 aliphatic carbocycles. The van der Waals surface area contributed by atoms with Crippen LogP contribution in [0, 0.1) is 0 Å². The number of nitrogens with zero attached hydrogens (tertiary/aromatic N) is 2. The van der Waals surface area contributed by atoms with Crippen molar-refractivity contribution >= 4 is 11.0 Å². The van der Waals surface area contributed by atoms with E-state index in [4.69, 9.17) is 0 Å². The summed E-state index contributed by atoms with van der Waals surface area (Å²) in [6.45, 7) is 0.836. The highest BCUT2D eigenvalue weighted by Gasteiger charge is 2.14. The predicted molar refractivity (Wildman–Crippen MR) is 68.6 cm³/mol. The van der Waals surface area contributed by atoms with Crippen molar-refractivity contribution in [2.75, 3.05) is 0 Å². The number of nitrogens with one attached hydrogen (secondary N) is 1. The first-order chi connectivity index (χ1) is 8.42. The van der Waals surface area contributed by atoms with E-state index in [1.54, 1.807) is 0 Å². The van der Waals surface area contributed by atoms with Gasteiger partial charge in [0.1, 0.15) is 0 Å².